The SMILES string of the molecule is Cc1nn(C)c(C)c1-c1cc(C#N)cc(NC(=O)O)c1Cl. The highest BCUT2D eigenvalue weighted by atomic mass is 35.5. The molecule has 1 aromatic carbocycles. The molecule has 0 spiro atoms. The quantitative estimate of drug-likeness (QED) is 0.890. The summed E-state index contributed by atoms with van der Waals surface area (Å²) in [7, 11) is 1.81. The summed E-state index contributed by atoms with van der Waals surface area (Å²) in [5.74, 6) is 0. The first-order valence-electron chi connectivity index (χ1n) is 6.09. The molecule has 0 fully saturated rings. The van der Waals surface area contributed by atoms with Crippen molar-refractivity contribution in [2.45, 2.75) is 13.8 Å². The van der Waals surface area contributed by atoms with Gasteiger partial charge in [0.2, 0.25) is 0 Å². The van der Waals surface area contributed by atoms with Crippen LogP contribution in [-0.2, 0) is 7.05 Å². The minimum atomic E-state index is -1.24. The highest BCUT2D eigenvalue weighted by Gasteiger charge is 2.18. The molecule has 1 amide bonds. The Bertz CT molecular complexity index is 774. The normalized spacial score (nSPS) is 10.2. The van der Waals surface area contributed by atoms with Crippen molar-refractivity contribution >= 4 is 23.4 Å². The summed E-state index contributed by atoms with van der Waals surface area (Å²) in [6.07, 6.45) is -1.24. The van der Waals surface area contributed by atoms with E-state index in [2.05, 4.69) is 10.4 Å². The van der Waals surface area contributed by atoms with E-state index >= 15 is 0 Å². The van der Waals surface area contributed by atoms with Gasteiger partial charge in [-0.15, -0.1) is 0 Å². The van der Waals surface area contributed by atoms with Crippen molar-refractivity contribution in [2.75, 3.05) is 5.32 Å². The number of amides is 1. The van der Waals surface area contributed by atoms with Gasteiger partial charge >= 0.3 is 6.09 Å². The predicted octanol–water partition coefficient (Wildman–Crippen LogP) is 3.32. The van der Waals surface area contributed by atoms with Crippen molar-refractivity contribution in [1.82, 2.24) is 9.78 Å². The van der Waals surface area contributed by atoms with Gasteiger partial charge in [0.1, 0.15) is 0 Å². The molecule has 0 aliphatic heterocycles. The summed E-state index contributed by atoms with van der Waals surface area (Å²) in [5, 5.41) is 24.7. The van der Waals surface area contributed by atoms with E-state index in [9.17, 15) is 4.79 Å². The fourth-order valence-corrected chi connectivity index (χ4v) is 2.49. The lowest BCUT2D eigenvalue weighted by Gasteiger charge is -2.11. The first-order chi connectivity index (χ1) is 9.85. The van der Waals surface area contributed by atoms with Gasteiger partial charge in [0.15, 0.2) is 0 Å². The van der Waals surface area contributed by atoms with E-state index in [1.165, 1.54) is 6.07 Å². The first-order valence-corrected chi connectivity index (χ1v) is 6.47. The van der Waals surface area contributed by atoms with E-state index in [0.717, 1.165) is 17.0 Å². The number of hydrogen-bond acceptors (Lipinski definition) is 3. The summed E-state index contributed by atoms with van der Waals surface area (Å²) < 4.78 is 1.71. The van der Waals surface area contributed by atoms with Crippen LogP contribution < -0.4 is 5.32 Å². The fraction of sp³-hybridized carbons (Fsp3) is 0.214. The molecular weight excluding hydrogens is 292 g/mol. The van der Waals surface area contributed by atoms with E-state index < -0.39 is 6.09 Å². The van der Waals surface area contributed by atoms with Gasteiger partial charge in [-0.3, -0.25) is 10.00 Å². The lowest BCUT2D eigenvalue weighted by Crippen LogP contribution is -2.08. The van der Waals surface area contributed by atoms with Crippen LogP contribution in [0.1, 0.15) is 17.0 Å². The second-order valence-corrected chi connectivity index (χ2v) is 4.97. The number of hydrogen-bond donors (Lipinski definition) is 2. The summed E-state index contributed by atoms with van der Waals surface area (Å²) in [6, 6.07) is 5.04. The van der Waals surface area contributed by atoms with Crippen LogP contribution >= 0.6 is 11.6 Å². The van der Waals surface area contributed by atoms with Gasteiger partial charge in [0.05, 0.1) is 28.0 Å². The van der Waals surface area contributed by atoms with Crippen LogP contribution in [0.5, 0.6) is 0 Å². The van der Waals surface area contributed by atoms with Crippen LogP contribution in [-0.4, -0.2) is 21.0 Å². The number of aromatic nitrogens is 2. The maximum Gasteiger partial charge on any atom is 0.409 e. The zero-order valence-corrected chi connectivity index (χ0v) is 12.5. The minimum Gasteiger partial charge on any atom is -0.465 e. The molecule has 0 saturated heterocycles. The molecule has 2 aromatic rings. The van der Waals surface area contributed by atoms with E-state index in [1.807, 2.05) is 27.0 Å². The van der Waals surface area contributed by atoms with Gasteiger partial charge in [-0.05, 0) is 26.0 Å². The topological polar surface area (TPSA) is 90.9 Å². The zero-order valence-electron chi connectivity index (χ0n) is 11.7. The zero-order chi connectivity index (χ0) is 15.7. The van der Waals surface area contributed by atoms with Gasteiger partial charge < -0.3 is 5.11 Å². The highest BCUT2D eigenvalue weighted by Crippen LogP contribution is 2.38. The summed E-state index contributed by atoms with van der Waals surface area (Å²) in [6.45, 7) is 3.72. The standard InChI is InChI=1S/C14H13ClN4O2/c1-7-12(8(2)19(3)18-7)10-4-9(6-16)5-11(13(10)15)17-14(20)21/h4-5,17H,1-3H3,(H,20,21). The number of anilines is 1. The number of rotatable bonds is 2. The number of benzene rings is 1. The third-order valence-electron chi connectivity index (χ3n) is 3.22. The molecule has 0 atom stereocenters. The van der Waals surface area contributed by atoms with Crippen molar-refractivity contribution in [3.05, 3.63) is 34.1 Å². The van der Waals surface area contributed by atoms with Crippen molar-refractivity contribution in [3.8, 4) is 17.2 Å². The molecule has 6 nitrogen and oxygen atoms in total. The first kappa shape index (κ1) is 14.9. The van der Waals surface area contributed by atoms with E-state index in [-0.39, 0.29) is 10.7 Å². The average Bonchev–Trinajstić information content (AvgIpc) is 2.66. The Labute approximate surface area is 126 Å². The Morgan fingerprint density at radius 2 is 2.14 bits per heavy atom. The van der Waals surface area contributed by atoms with Gasteiger partial charge in [0.25, 0.3) is 0 Å². The minimum absolute atomic E-state index is 0.181. The number of halogens is 1. The predicted molar refractivity (Wildman–Crippen MR) is 79.5 cm³/mol. The number of carbonyl (C=O) groups is 1. The smallest absolute Gasteiger partial charge is 0.409 e. The molecule has 2 rings (SSSR count). The molecule has 0 aliphatic carbocycles. The maximum absolute atomic E-state index is 10.8. The molecule has 1 heterocycles. The molecule has 108 valence electrons. The van der Waals surface area contributed by atoms with Gasteiger partial charge in [-0.1, -0.05) is 11.6 Å². The number of nitrogens with one attached hydrogen (secondary N) is 1. The van der Waals surface area contributed by atoms with Crippen molar-refractivity contribution in [1.29, 1.82) is 5.26 Å². The number of nitrogens with zero attached hydrogens (tertiary/aromatic N) is 3. The average molecular weight is 305 g/mol. The van der Waals surface area contributed by atoms with E-state index in [0.29, 0.717) is 11.1 Å². The van der Waals surface area contributed by atoms with Gasteiger partial charge in [-0.2, -0.15) is 10.4 Å². The molecular formula is C14H13ClN4O2. The van der Waals surface area contributed by atoms with Crippen LogP contribution in [0.25, 0.3) is 11.1 Å². The molecule has 0 saturated carbocycles. The lowest BCUT2D eigenvalue weighted by molar-refractivity contribution is 0.210. The maximum atomic E-state index is 10.8. The molecule has 0 radical (unpaired) electrons. The number of nitriles is 1. The molecule has 0 bridgehead atoms. The summed E-state index contributed by atoms with van der Waals surface area (Å²) in [5.41, 5.74) is 3.52. The van der Waals surface area contributed by atoms with Crippen LogP contribution in [0.4, 0.5) is 10.5 Å². The van der Waals surface area contributed by atoms with Crippen molar-refractivity contribution in [3.63, 3.8) is 0 Å². The largest absolute Gasteiger partial charge is 0.465 e. The molecule has 7 heteroatoms. The van der Waals surface area contributed by atoms with Crippen LogP contribution in [0.15, 0.2) is 12.1 Å². The summed E-state index contributed by atoms with van der Waals surface area (Å²) >= 11 is 6.30. The molecule has 2 N–H and O–H groups in total. The summed E-state index contributed by atoms with van der Waals surface area (Å²) in [4.78, 5) is 10.8. The Hall–Kier alpha value is -2.52. The van der Waals surface area contributed by atoms with Crippen LogP contribution in [0.3, 0.4) is 0 Å². The van der Waals surface area contributed by atoms with Crippen LogP contribution in [0.2, 0.25) is 5.02 Å². The molecule has 0 unspecified atom stereocenters. The Balaban J connectivity index is 2.74. The third-order valence-corrected chi connectivity index (χ3v) is 3.63. The molecule has 0 aliphatic rings. The van der Waals surface area contributed by atoms with Gasteiger partial charge in [-0.25, -0.2) is 4.79 Å². The van der Waals surface area contributed by atoms with E-state index in [4.69, 9.17) is 22.0 Å². The second-order valence-electron chi connectivity index (χ2n) is 4.60. The Morgan fingerprint density at radius 1 is 1.48 bits per heavy atom. The highest BCUT2D eigenvalue weighted by molar-refractivity contribution is 6.36. The van der Waals surface area contributed by atoms with Crippen molar-refractivity contribution < 1.29 is 9.90 Å². The number of aryl methyl sites for hydroxylation is 2. The van der Waals surface area contributed by atoms with Crippen LogP contribution in [0, 0.1) is 25.2 Å². The third kappa shape index (κ3) is 2.69. The Kier molecular flexibility index (Phi) is 3.87. The lowest BCUT2D eigenvalue weighted by atomic mass is 10.0. The number of carboxylic acid groups (broad SMARTS) is 1. The monoisotopic (exact) mass is 304 g/mol. The fourth-order valence-electron chi connectivity index (χ4n) is 2.24. The second kappa shape index (κ2) is 5.46. The van der Waals surface area contributed by atoms with E-state index in [1.54, 1.807) is 10.7 Å². The Morgan fingerprint density at radius 3 is 2.62 bits per heavy atom. The molecule has 1 aromatic heterocycles. The molecule has 21 heavy (non-hydrogen) atoms. The van der Waals surface area contributed by atoms with Crippen molar-refractivity contribution in [2.24, 2.45) is 7.05 Å². The van der Waals surface area contributed by atoms with Gasteiger partial charge in [0, 0.05) is 23.9 Å².